The fraction of sp³-hybridized carbons (Fsp3) is 0.581. The highest BCUT2D eigenvalue weighted by atomic mass is 16.7. The molecule has 306 valence electrons. The summed E-state index contributed by atoms with van der Waals surface area (Å²) in [6, 6.07) is 9.01. The molecule has 0 spiro atoms. The second kappa shape index (κ2) is 21.5. The fourth-order valence-corrected chi connectivity index (χ4v) is 7.47. The largest absolute Gasteiger partial charge is 0.462 e. The maximum atomic E-state index is 13.2. The number of hydrogen-bond acceptors (Lipinski definition) is 13. The third-order valence-electron chi connectivity index (χ3n) is 10.7. The average molecular weight is 778 g/mol. The number of rotatable bonds is 9. The van der Waals surface area contributed by atoms with Gasteiger partial charge in [0.15, 0.2) is 12.9 Å². The molecular formula is C43H59N3O10. The highest BCUT2D eigenvalue weighted by Gasteiger charge is 2.47. The molecule has 0 bridgehead atoms. The standard InChI is InChI=1S/C43H59N3O10/c1-8-37-33(25-48)20-26(2)15-16-34(45-53-19-11-12-30-22-31-13-9-10-14-35(31)44-24-30)27(3)21-32(17-18-47)42(28(4)36(49)23-38(50)55-37)56-43-41(52)39(46(6)7)40(51)29(5)54-43/h9-10,13-16,18,20,22,24,27-29,32-33,36-37,39-43,48-49,51-52H,8,17,19,21,23,25H2,1-7H3/b16-15+,26-20+,45-34-/t27-,28+,29-,32+,33?,36-,37-,39+,40-,41-,42-,43+/m1/s1. The molecule has 0 saturated carbocycles. The lowest BCUT2D eigenvalue weighted by Gasteiger charge is -2.46. The summed E-state index contributed by atoms with van der Waals surface area (Å²) in [5.41, 5.74) is 2.93. The number of carbonyl (C=O) groups is 2. The maximum absolute atomic E-state index is 13.2. The van der Waals surface area contributed by atoms with Gasteiger partial charge in [-0.05, 0) is 64.9 Å². The summed E-state index contributed by atoms with van der Waals surface area (Å²) in [6.45, 7) is 8.76. The summed E-state index contributed by atoms with van der Waals surface area (Å²) in [7, 11) is 3.47. The van der Waals surface area contributed by atoms with E-state index in [1.165, 1.54) is 0 Å². The summed E-state index contributed by atoms with van der Waals surface area (Å²) in [5, 5.41) is 49.5. The van der Waals surface area contributed by atoms with E-state index in [4.69, 9.17) is 19.0 Å². The molecule has 12 atom stereocenters. The number of aliphatic hydroxyl groups excluding tert-OH is 4. The molecule has 4 N–H and O–H groups in total. The van der Waals surface area contributed by atoms with Gasteiger partial charge in [-0.15, -0.1) is 0 Å². The van der Waals surface area contributed by atoms with Gasteiger partial charge in [-0.1, -0.05) is 73.7 Å². The van der Waals surface area contributed by atoms with Gasteiger partial charge in [-0.25, -0.2) is 0 Å². The second-order valence-electron chi connectivity index (χ2n) is 15.2. The zero-order valence-corrected chi connectivity index (χ0v) is 33.5. The predicted octanol–water partition coefficient (Wildman–Crippen LogP) is 3.81. The molecule has 1 fully saturated rings. The number of fused-ring (bicyclic) bond motifs is 1. The van der Waals surface area contributed by atoms with Gasteiger partial charge in [-0.2, -0.15) is 0 Å². The molecule has 1 aromatic carbocycles. The van der Waals surface area contributed by atoms with Crippen LogP contribution in [-0.2, 0) is 28.6 Å². The molecule has 13 heteroatoms. The lowest BCUT2D eigenvalue weighted by atomic mass is 9.79. The first-order chi connectivity index (χ1) is 26.8. The van der Waals surface area contributed by atoms with Crippen LogP contribution in [0, 0.1) is 35.5 Å². The smallest absolute Gasteiger partial charge is 0.308 e. The number of hydrogen-bond donors (Lipinski definition) is 4. The van der Waals surface area contributed by atoms with Crippen molar-refractivity contribution < 1.29 is 49.1 Å². The number of esters is 1. The van der Waals surface area contributed by atoms with E-state index in [0.29, 0.717) is 18.6 Å². The van der Waals surface area contributed by atoms with Gasteiger partial charge >= 0.3 is 5.97 Å². The minimum Gasteiger partial charge on any atom is -0.462 e. The van der Waals surface area contributed by atoms with Crippen LogP contribution in [-0.4, -0.2) is 125 Å². The molecule has 3 heterocycles. The van der Waals surface area contributed by atoms with Crippen LogP contribution < -0.4 is 0 Å². The highest BCUT2D eigenvalue weighted by molar-refractivity contribution is 5.96. The second-order valence-corrected chi connectivity index (χ2v) is 15.2. The van der Waals surface area contributed by atoms with Crippen LogP contribution in [0.15, 0.2) is 65.5 Å². The quantitative estimate of drug-likeness (QED) is 0.0953. The van der Waals surface area contributed by atoms with Crippen molar-refractivity contribution in [2.24, 2.45) is 28.8 Å². The summed E-state index contributed by atoms with van der Waals surface area (Å²) >= 11 is 0. The molecule has 0 radical (unpaired) electrons. The number of aliphatic hydroxyl groups is 4. The van der Waals surface area contributed by atoms with Crippen molar-refractivity contribution in [1.29, 1.82) is 0 Å². The van der Waals surface area contributed by atoms with E-state index in [1.54, 1.807) is 45.1 Å². The molecule has 2 aromatic rings. The first-order valence-corrected chi connectivity index (χ1v) is 19.4. The van der Waals surface area contributed by atoms with Crippen molar-refractivity contribution in [1.82, 2.24) is 9.88 Å². The Morgan fingerprint density at radius 3 is 2.55 bits per heavy atom. The van der Waals surface area contributed by atoms with Crippen LogP contribution in [0.1, 0.15) is 65.9 Å². The Labute approximate surface area is 330 Å². The van der Waals surface area contributed by atoms with Crippen molar-refractivity contribution in [3.8, 4) is 11.8 Å². The lowest BCUT2D eigenvalue weighted by Crippen LogP contribution is -2.63. The number of allylic oxidation sites excluding steroid dienone is 3. The van der Waals surface area contributed by atoms with E-state index in [-0.39, 0.29) is 32.0 Å². The van der Waals surface area contributed by atoms with E-state index in [9.17, 15) is 30.0 Å². The van der Waals surface area contributed by atoms with Crippen LogP contribution in [0.2, 0.25) is 0 Å². The first-order valence-electron chi connectivity index (χ1n) is 19.4. The number of ether oxygens (including phenoxy) is 3. The SMILES string of the molecule is CC[C@H]1OC(=O)C[C@@H](O)[C@H](C)[C@@H](O[C@@H]2O[C@H](C)[C@@H](O)[C@H](N(C)C)[C@H]2O)[C@@H](CC=O)C[C@@H](C)C(=N\OCC#Cc2cnc3ccccc3c2)/C=C/C(C)=C/C1CO. The van der Waals surface area contributed by atoms with Crippen LogP contribution in [0.5, 0.6) is 0 Å². The molecule has 2 aliphatic rings. The molecule has 2 aliphatic heterocycles. The van der Waals surface area contributed by atoms with Gasteiger partial charge in [0.2, 0.25) is 0 Å². The number of nitrogens with zero attached hydrogens (tertiary/aromatic N) is 3. The van der Waals surface area contributed by atoms with Gasteiger partial charge in [0, 0.05) is 41.3 Å². The summed E-state index contributed by atoms with van der Waals surface area (Å²) in [5.74, 6) is 3.26. The monoisotopic (exact) mass is 777 g/mol. The number of likely N-dealkylation sites (N-methyl/N-ethyl adjacent to an activating group) is 1. The Kier molecular flexibility index (Phi) is 17.2. The number of cyclic esters (lactones) is 1. The van der Waals surface area contributed by atoms with E-state index in [2.05, 4.69) is 22.0 Å². The van der Waals surface area contributed by atoms with Crippen molar-refractivity contribution in [2.45, 2.75) is 109 Å². The normalized spacial score (nSPS) is 34.5. The number of aromatic nitrogens is 1. The zero-order chi connectivity index (χ0) is 40.9. The summed E-state index contributed by atoms with van der Waals surface area (Å²) in [4.78, 5) is 37.4. The minimum absolute atomic E-state index is 0.0114. The topological polar surface area (TPSA) is 180 Å². The molecule has 1 saturated heterocycles. The van der Waals surface area contributed by atoms with Gasteiger partial charge in [0.25, 0.3) is 0 Å². The Balaban J connectivity index is 1.70. The molecule has 56 heavy (non-hydrogen) atoms. The van der Waals surface area contributed by atoms with Crippen molar-refractivity contribution in [2.75, 3.05) is 27.3 Å². The summed E-state index contributed by atoms with van der Waals surface area (Å²) < 4.78 is 18.3. The number of para-hydroxylation sites is 1. The van der Waals surface area contributed by atoms with Crippen LogP contribution in [0.4, 0.5) is 0 Å². The van der Waals surface area contributed by atoms with E-state index < -0.39 is 72.7 Å². The molecule has 13 nitrogen and oxygen atoms in total. The number of aldehydes is 1. The van der Waals surface area contributed by atoms with Gasteiger partial charge in [0.05, 0.1) is 54.7 Å². The van der Waals surface area contributed by atoms with Gasteiger partial charge < -0.3 is 49.2 Å². The van der Waals surface area contributed by atoms with Crippen LogP contribution >= 0.6 is 0 Å². The third-order valence-corrected chi connectivity index (χ3v) is 10.7. The van der Waals surface area contributed by atoms with Gasteiger partial charge in [0.1, 0.15) is 18.5 Å². The van der Waals surface area contributed by atoms with Crippen molar-refractivity contribution >= 4 is 28.9 Å². The first kappa shape index (κ1) is 44.7. The molecule has 1 unspecified atom stereocenters. The Morgan fingerprint density at radius 1 is 1.11 bits per heavy atom. The molecule has 0 aliphatic carbocycles. The number of benzene rings is 1. The predicted molar refractivity (Wildman–Crippen MR) is 212 cm³/mol. The number of carbonyl (C=O) groups excluding carboxylic acids is 2. The fourth-order valence-electron chi connectivity index (χ4n) is 7.47. The lowest BCUT2D eigenvalue weighted by molar-refractivity contribution is -0.304. The zero-order valence-electron chi connectivity index (χ0n) is 33.5. The number of pyridine rings is 1. The maximum Gasteiger partial charge on any atom is 0.308 e. The van der Waals surface area contributed by atoms with Crippen LogP contribution in [0.25, 0.3) is 10.9 Å². The Hall–Kier alpha value is -4.00. The minimum atomic E-state index is -1.28. The van der Waals surface area contributed by atoms with Gasteiger partial charge in [-0.3, -0.25) is 9.78 Å². The number of oxime groups is 1. The van der Waals surface area contributed by atoms with E-state index >= 15 is 0 Å². The molecule has 0 amide bonds. The Bertz CT molecular complexity index is 1750. The van der Waals surface area contributed by atoms with E-state index in [1.807, 2.05) is 63.3 Å². The van der Waals surface area contributed by atoms with E-state index in [0.717, 1.165) is 28.3 Å². The van der Waals surface area contributed by atoms with Crippen molar-refractivity contribution in [3.63, 3.8) is 0 Å². The Morgan fingerprint density at radius 2 is 1.86 bits per heavy atom. The third kappa shape index (κ3) is 12.0. The summed E-state index contributed by atoms with van der Waals surface area (Å²) in [6.07, 6.45) is 1.29. The highest BCUT2D eigenvalue weighted by Crippen LogP contribution is 2.34. The molecule has 4 rings (SSSR count). The van der Waals surface area contributed by atoms with Crippen LogP contribution in [0.3, 0.4) is 0 Å². The van der Waals surface area contributed by atoms with Crippen molar-refractivity contribution in [3.05, 3.63) is 65.9 Å². The average Bonchev–Trinajstić information content (AvgIpc) is 3.17. The molecule has 1 aromatic heterocycles. The molecular weight excluding hydrogens is 718 g/mol.